The van der Waals surface area contributed by atoms with Crippen LogP contribution in [-0.2, 0) is 4.79 Å². The summed E-state index contributed by atoms with van der Waals surface area (Å²) in [4.78, 5) is 11.5. The molecule has 1 aliphatic carbocycles. The van der Waals surface area contributed by atoms with Crippen molar-refractivity contribution in [2.24, 2.45) is 11.8 Å². The van der Waals surface area contributed by atoms with Gasteiger partial charge in [-0.15, -0.1) is 0 Å². The fourth-order valence-electron chi connectivity index (χ4n) is 2.12. The molecular weight excluding hydrogens is 202 g/mol. The highest BCUT2D eigenvalue weighted by atomic mass is 16.3. The van der Waals surface area contributed by atoms with Gasteiger partial charge in [0, 0.05) is 13.0 Å². The van der Waals surface area contributed by atoms with Gasteiger partial charge < -0.3 is 10.4 Å². The van der Waals surface area contributed by atoms with Crippen LogP contribution in [0.4, 0.5) is 0 Å². The van der Waals surface area contributed by atoms with Crippen LogP contribution in [0, 0.1) is 11.8 Å². The van der Waals surface area contributed by atoms with Gasteiger partial charge in [-0.05, 0) is 43.9 Å². The summed E-state index contributed by atoms with van der Waals surface area (Å²) in [5.41, 5.74) is 0. The van der Waals surface area contributed by atoms with E-state index in [4.69, 9.17) is 0 Å². The number of amides is 1. The number of carbonyl (C=O) groups is 1. The van der Waals surface area contributed by atoms with Crippen molar-refractivity contribution < 1.29 is 9.90 Å². The Labute approximate surface area is 98.6 Å². The van der Waals surface area contributed by atoms with E-state index >= 15 is 0 Å². The molecule has 0 aromatic heterocycles. The molecule has 0 aromatic carbocycles. The number of hydrogen-bond donors (Lipinski definition) is 2. The molecule has 1 saturated carbocycles. The van der Waals surface area contributed by atoms with Crippen molar-refractivity contribution in [1.82, 2.24) is 5.32 Å². The maximum atomic E-state index is 11.5. The minimum Gasteiger partial charge on any atom is -0.393 e. The van der Waals surface area contributed by atoms with E-state index in [2.05, 4.69) is 19.2 Å². The Morgan fingerprint density at radius 2 is 1.94 bits per heavy atom. The standard InChI is InChI=1S/C13H25NO2/c1-10(2)3-8-13(16)14-9-11-4-6-12(15)7-5-11/h10-12,15H,3-9H2,1-2H3,(H,14,16). The average Bonchev–Trinajstić information content (AvgIpc) is 2.25. The molecule has 1 fully saturated rings. The van der Waals surface area contributed by atoms with Crippen LogP contribution < -0.4 is 5.32 Å². The van der Waals surface area contributed by atoms with E-state index < -0.39 is 0 Å². The van der Waals surface area contributed by atoms with Gasteiger partial charge in [0.25, 0.3) is 0 Å². The van der Waals surface area contributed by atoms with Crippen LogP contribution >= 0.6 is 0 Å². The van der Waals surface area contributed by atoms with Crippen molar-refractivity contribution in [2.45, 2.75) is 58.5 Å². The maximum Gasteiger partial charge on any atom is 0.220 e. The minimum absolute atomic E-state index is 0.104. The average molecular weight is 227 g/mol. The lowest BCUT2D eigenvalue weighted by Crippen LogP contribution is -2.32. The van der Waals surface area contributed by atoms with Gasteiger partial charge in [-0.25, -0.2) is 0 Å². The maximum absolute atomic E-state index is 11.5. The molecule has 0 heterocycles. The van der Waals surface area contributed by atoms with Gasteiger partial charge in [-0.1, -0.05) is 13.8 Å². The Hall–Kier alpha value is -0.570. The number of nitrogens with one attached hydrogen (secondary N) is 1. The molecule has 1 aliphatic rings. The Kier molecular flexibility index (Phi) is 5.81. The van der Waals surface area contributed by atoms with Crippen molar-refractivity contribution in [3.8, 4) is 0 Å². The summed E-state index contributed by atoms with van der Waals surface area (Å²) in [6.07, 6.45) is 5.39. The van der Waals surface area contributed by atoms with Gasteiger partial charge in [0.05, 0.1) is 6.10 Å². The smallest absolute Gasteiger partial charge is 0.220 e. The molecule has 1 amide bonds. The molecule has 0 saturated heterocycles. The Morgan fingerprint density at radius 1 is 1.31 bits per heavy atom. The summed E-state index contributed by atoms with van der Waals surface area (Å²) in [6, 6.07) is 0. The zero-order valence-corrected chi connectivity index (χ0v) is 10.5. The van der Waals surface area contributed by atoms with E-state index in [1.807, 2.05) is 0 Å². The predicted octanol–water partition coefficient (Wildman–Crippen LogP) is 2.09. The van der Waals surface area contributed by atoms with Gasteiger partial charge in [0.1, 0.15) is 0 Å². The number of hydrogen-bond acceptors (Lipinski definition) is 2. The Balaban J connectivity index is 2.07. The summed E-state index contributed by atoms with van der Waals surface area (Å²) < 4.78 is 0. The van der Waals surface area contributed by atoms with Crippen LogP contribution in [0.15, 0.2) is 0 Å². The second-order valence-corrected chi connectivity index (χ2v) is 5.41. The fourth-order valence-corrected chi connectivity index (χ4v) is 2.12. The summed E-state index contributed by atoms with van der Waals surface area (Å²) in [5, 5.41) is 12.4. The predicted molar refractivity (Wildman–Crippen MR) is 65.0 cm³/mol. The first kappa shape index (κ1) is 13.5. The molecule has 1 rings (SSSR count). The molecule has 94 valence electrons. The van der Waals surface area contributed by atoms with E-state index in [1.54, 1.807) is 0 Å². The van der Waals surface area contributed by atoms with E-state index in [0.29, 0.717) is 18.3 Å². The highest BCUT2D eigenvalue weighted by Gasteiger charge is 2.19. The van der Waals surface area contributed by atoms with Crippen LogP contribution in [0.5, 0.6) is 0 Å². The molecule has 0 atom stereocenters. The lowest BCUT2D eigenvalue weighted by atomic mass is 9.87. The number of rotatable bonds is 5. The second-order valence-electron chi connectivity index (χ2n) is 5.41. The van der Waals surface area contributed by atoms with Gasteiger partial charge in [0.2, 0.25) is 5.91 Å². The molecule has 16 heavy (non-hydrogen) atoms. The van der Waals surface area contributed by atoms with E-state index in [9.17, 15) is 9.90 Å². The molecule has 0 radical (unpaired) electrons. The SMILES string of the molecule is CC(C)CCC(=O)NCC1CCC(O)CC1. The van der Waals surface area contributed by atoms with Crippen LogP contribution in [0.3, 0.4) is 0 Å². The number of aliphatic hydroxyl groups excluding tert-OH is 1. The zero-order valence-electron chi connectivity index (χ0n) is 10.5. The lowest BCUT2D eigenvalue weighted by molar-refractivity contribution is -0.121. The third-order valence-corrected chi connectivity index (χ3v) is 3.35. The number of carbonyl (C=O) groups excluding carboxylic acids is 1. The third-order valence-electron chi connectivity index (χ3n) is 3.35. The van der Waals surface area contributed by atoms with Crippen LogP contribution in [0.25, 0.3) is 0 Å². The zero-order chi connectivity index (χ0) is 12.0. The van der Waals surface area contributed by atoms with Crippen LogP contribution in [0.1, 0.15) is 52.4 Å². The largest absolute Gasteiger partial charge is 0.393 e. The van der Waals surface area contributed by atoms with Crippen LogP contribution in [-0.4, -0.2) is 23.7 Å². The second kappa shape index (κ2) is 6.89. The molecule has 3 nitrogen and oxygen atoms in total. The van der Waals surface area contributed by atoms with Gasteiger partial charge >= 0.3 is 0 Å². The third kappa shape index (κ3) is 5.50. The molecule has 0 bridgehead atoms. The van der Waals surface area contributed by atoms with E-state index in [0.717, 1.165) is 38.6 Å². The summed E-state index contributed by atoms with van der Waals surface area (Å²) in [5.74, 6) is 1.35. The molecule has 0 spiro atoms. The van der Waals surface area contributed by atoms with Gasteiger partial charge in [-0.2, -0.15) is 0 Å². The molecule has 2 N–H and O–H groups in total. The van der Waals surface area contributed by atoms with E-state index in [1.165, 1.54) is 0 Å². The first-order chi connectivity index (χ1) is 7.58. The molecule has 0 unspecified atom stereocenters. The minimum atomic E-state index is -0.104. The Morgan fingerprint density at radius 3 is 2.50 bits per heavy atom. The number of aliphatic hydroxyl groups is 1. The highest BCUT2D eigenvalue weighted by molar-refractivity contribution is 5.75. The van der Waals surface area contributed by atoms with Crippen molar-refractivity contribution in [3.63, 3.8) is 0 Å². The normalized spacial score (nSPS) is 25.8. The molecular formula is C13H25NO2. The van der Waals surface area contributed by atoms with E-state index in [-0.39, 0.29) is 12.0 Å². The van der Waals surface area contributed by atoms with Gasteiger partial charge in [0.15, 0.2) is 0 Å². The first-order valence-electron chi connectivity index (χ1n) is 6.52. The summed E-state index contributed by atoms with van der Waals surface area (Å²) in [7, 11) is 0. The molecule has 0 aromatic rings. The van der Waals surface area contributed by atoms with Crippen molar-refractivity contribution >= 4 is 5.91 Å². The van der Waals surface area contributed by atoms with Crippen molar-refractivity contribution in [3.05, 3.63) is 0 Å². The van der Waals surface area contributed by atoms with Crippen molar-refractivity contribution in [1.29, 1.82) is 0 Å². The topological polar surface area (TPSA) is 49.3 Å². The Bertz CT molecular complexity index is 208. The molecule has 0 aliphatic heterocycles. The quantitative estimate of drug-likeness (QED) is 0.755. The lowest BCUT2D eigenvalue weighted by Gasteiger charge is -2.25. The highest BCUT2D eigenvalue weighted by Crippen LogP contribution is 2.23. The molecule has 3 heteroatoms. The monoisotopic (exact) mass is 227 g/mol. The van der Waals surface area contributed by atoms with Crippen molar-refractivity contribution in [2.75, 3.05) is 6.54 Å². The summed E-state index contributed by atoms with van der Waals surface area (Å²) >= 11 is 0. The summed E-state index contributed by atoms with van der Waals surface area (Å²) in [6.45, 7) is 5.06. The van der Waals surface area contributed by atoms with Gasteiger partial charge in [-0.3, -0.25) is 4.79 Å². The first-order valence-corrected chi connectivity index (χ1v) is 6.52. The fraction of sp³-hybridized carbons (Fsp3) is 0.923. The van der Waals surface area contributed by atoms with Crippen LogP contribution in [0.2, 0.25) is 0 Å².